The van der Waals surface area contributed by atoms with Gasteiger partial charge in [-0.25, -0.2) is 0 Å². The minimum Gasteiger partial charge on any atom is -0.469 e. The molecule has 0 aromatic carbocycles. The van der Waals surface area contributed by atoms with E-state index in [1.807, 2.05) is 20.8 Å². The van der Waals surface area contributed by atoms with E-state index in [0.29, 0.717) is 0 Å². The molecule has 0 amide bonds. The van der Waals surface area contributed by atoms with Gasteiger partial charge in [-0.1, -0.05) is 85.0 Å². The fraction of sp³-hybridized carbons (Fsp3) is 0.950. The maximum Gasteiger partial charge on any atom is 2.00 e. The van der Waals surface area contributed by atoms with Crippen LogP contribution in [0.4, 0.5) is 13.2 Å². The zero-order chi connectivity index (χ0) is 24.0. The van der Waals surface area contributed by atoms with Crippen LogP contribution >= 0.6 is 0 Å². The average molecular weight is 556 g/mol. The molecule has 2 rings (SSSR count). The van der Waals surface area contributed by atoms with Gasteiger partial charge in [0.25, 0.3) is 0 Å². The monoisotopic (exact) mass is 554 g/mol. The van der Waals surface area contributed by atoms with Crippen molar-refractivity contribution < 1.29 is 67.0 Å². The fourth-order valence-corrected chi connectivity index (χ4v) is 2.83. The molecule has 2 aliphatic carbocycles. The van der Waals surface area contributed by atoms with Crippen LogP contribution in [0.3, 0.4) is 0 Å². The Bertz CT molecular complexity index is 529. The molecule has 0 spiro atoms. The van der Waals surface area contributed by atoms with Gasteiger partial charge in [0.05, 0.1) is 19.1 Å². The minimum absolute atomic E-state index is 0. The summed E-state index contributed by atoms with van der Waals surface area (Å²) in [6.07, 6.45) is 14.3. The summed E-state index contributed by atoms with van der Waals surface area (Å²) in [5.41, 5.74) is -5.82. The maximum absolute atomic E-state index is 11.0. The molecule has 0 radical (unpaired) electrons. The van der Waals surface area contributed by atoms with Crippen molar-refractivity contribution >= 4 is 16.1 Å². The predicted molar refractivity (Wildman–Crippen MR) is 110 cm³/mol. The van der Waals surface area contributed by atoms with E-state index in [4.69, 9.17) is 13.0 Å². The summed E-state index contributed by atoms with van der Waals surface area (Å²) in [6, 6.07) is 0. The van der Waals surface area contributed by atoms with Gasteiger partial charge < -0.3 is 9.84 Å². The molecule has 0 unspecified atom stereocenters. The molecule has 0 aliphatic heterocycles. The SMILES string of the molecule is C1CCCC1.C1CCCC1.COC(=O)[C@H](C)[C@H](O)C(C)(C)C.O=S(=O)(O)C(F)(F)F.[Zr+2]. The molecule has 0 heterocycles. The Morgan fingerprint density at radius 3 is 1.23 bits per heavy atom. The number of carbonyl (C=O) groups excluding carboxylic acids is 1. The standard InChI is InChI=1S/C9H18O3.2C5H10.CHF3O3S.Zr/c1-6(8(11)12-5)7(10)9(2,3)4;2*1-2-4-5-3-1;2-1(3,4)8(5,6)7;/h6-7,10H,1-5H3;2*1-5H2;(H,5,6,7);/q;;;;+2/t6-,7+;;;;/m1..../s1. The molecular weight excluding hydrogens is 516 g/mol. The quantitative estimate of drug-likeness (QED) is 0.265. The van der Waals surface area contributed by atoms with Crippen LogP contribution < -0.4 is 0 Å². The molecule has 0 saturated heterocycles. The van der Waals surface area contributed by atoms with Crippen LogP contribution in [0, 0.1) is 11.3 Å². The minimum atomic E-state index is -5.84. The van der Waals surface area contributed by atoms with Crippen LogP contribution in [-0.4, -0.2) is 42.8 Å². The second-order valence-corrected chi connectivity index (χ2v) is 9.99. The summed E-state index contributed by atoms with van der Waals surface area (Å²) < 4.78 is 62.1. The number of carbonyl (C=O) groups is 1. The van der Waals surface area contributed by atoms with Crippen molar-refractivity contribution in [3.63, 3.8) is 0 Å². The van der Waals surface area contributed by atoms with Crippen LogP contribution in [0.1, 0.15) is 91.9 Å². The number of aliphatic hydroxyl groups is 1. The molecule has 0 bridgehead atoms. The van der Waals surface area contributed by atoms with E-state index in [-0.39, 0.29) is 37.6 Å². The summed E-state index contributed by atoms with van der Waals surface area (Å²) in [5, 5.41) is 9.65. The number of alkyl halides is 3. The van der Waals surface area contributed by atoms with E-state index >= 15 is 0 Å². The molecule has 0 aromatic rings. The first-order valence-electron chi connectivity index (χ1n) is 10.3. The van der Waals surface area contributed by atoms with Crippen molar-refractivity contribution in [2.24, 2.45) is 11.3 Å². The summed E-state index contributed by atoms with van der Waals surface area (Å²) >= 11 is 0. The molecular formula is C20H39F3O6SZr+2. The van der Waals surface area contributed by atoms with Crippen LogP contribution in [-0.2, 0) is 45.9 Å². The summed E-state index contributed by atoms with van der Waals surface area (Å²) in [6.45, 7) is 7.33. The van der Waals surface area contributed by atoms with Gasteiger partial charge in [-0.2, -0.15) is 21.6 Å². The number of methoxy groups -OCH3 is 1. The Hall–Kier alpha value is 0.0131. The normalized spacial score (nSPS) is 17.9. The Morgan fingerprint density at radius 2 is 1.10 bits per heavy atom. The predicted octanol–water partition coefficient (Wildman–Crippen LogP) is 5.50. The van der Waals surface area contributed by atoms with E-state index in [9.17, 15) is 23.1 Å². The number of ether oxygens (including phenoxy) is 1. The van der Waals surface area contributed by atoms with E-state index < -0.39 is 27.6 Å². The zero-order valence-corrected chi connectivity index (χ0v) is 22.6. The van der Waals surface area contributed by atoms with E-state index in [1.54, 1.807) is 6.92 Å². The van der Waals surface area contributed by atoms with Gasteiger partial charge >= 0.3 is 47.8 Å². The topological polar surface area (TPSA) is 101 Å². The first-order chi connectivity index (χ1) is 13.6. The Balaban J connectivity index is -0.000000355. The number of hydrogen-bond acceptors (Lipinski definition) is 5. The van der Waals surface area contributed by atoms with Crippen LogP contribution in [0.2, 0.25) is 0 Å². The fourth-order valence-electron chi connectivity index (χ4n) is 2.83. The van der Waals surface area contributed by atoms with Crippen molar-refractivity contribution in [2.45, 2.75) is 104 Å². The average Bonchev–Trinajstić information content (AvgIpc) is 3.36. The molecule has 2 N–H and O–H groups in total. The molecule has 2 fully saturated rings. The maximum atomic E-state index is 11.0. The van der Waals surface area contributed by atoms with Crippen molar-refractivity contribution in [1.82, 2.24) is 0 Å². The first-order valence-corrected chi connectivity index (χ1v) is 11.8. The molecule has 184 valence electrons. The molecule has 31 heavy (non-hydrogen) atoms. The number of aliphatic hydroxyl groups excluding tert-OH is 1. The summed E-state index contributed by atoms with van der Waals surface area (Å²) in [5.74, 6) is -0.826. The van der Waals surface area contributed by atoms with Crippen LogP contribution in [0.25, 0.3) is 0 Å². The Morgan fingerprint density at radius 1 is 0.871 bits per heavy atom. The van der Waals surface area contributed by atoms with Gasteiger partial charge in [-0.15, -0.1) is 0 Å². The van der Waals surface area contributed by atoms with Gasteiger partial charge in [-0.05, 0) is 12.3 Å². The van der Waals surface area contributed by atoms with Crippen LogP contribution in [0.15, 0.2) is 0 Å². The third-order valence-electron chi connectivity index (χ3n) is 4.73. The van der Waals surface area contributed by atoms with E-state index in [0.717, 1.165) is 0 Å². The van der Waals surface area contributed by atoms with Gasteiger partial charge in [0, 0.05) is 0 Å². The zero-order valence-electron chi connectivity index (χ0n) is 19.3. The second kappa shape index (κ2) is 17.5. The van der Waals surface area contributed by atoms with Gasteiger partial charge in [0.2, 0.25) is 0 Å². The van der Waals surface area contributed by atoms with Crippen LogP contribution in [0.5, 0.6) is 0 Å². The molecule has 0 aromatic heterocycles. The number of halogens is 3. The van der Waals surface area contributed by atoms with Gasteiger partial charge in [-0.3, -0.25) is 9.35 Å². The summed E-state index contributed by atoms with van der Waals surface area (Å²) in [4.78, 5) is 11.0. The smallest absolute Gasteiger partial charge is 0.469 e. The van der Waals surface area contributed by atoms with Crippen molar-refractivity contribution in [3.05, 3.63) is 0 Å². The Labute approximate surface area is 204 Å². The van der Waals surface area contributed by atoms with E-state index in [1.165, 1.54) is 71.3 Å². The number of hydrogen-bond donors (Lipinski definition) is 2. The number of esters is 1. The Kier molecular flexibility index (Phi) is 20.1. The molecule has 2 atom stereocenters. The molecule has 11 heteroatoms. The second-order valence-electron chi connectivity index (χ2n) is 8.58. The van der Waals surface area contributed by atoms with Crippen molar-refractivity contribution in [1.29, 1.82) is 0 Å². The molecule has 6 nitrogen and oxygen atoms in total. The van der Waals surface area contributed by atoms with E-state index in [2.05, 4.69) is 4.74 Å². The van der Waals surface area contributed by atoms with Gasteiger partial charge in [0.15, 0.2) is 0 Å². The third-order valence-corrected chi connectivity index (χ3v) is 5.31. The van der Waals surface area contributed by atoms with Crippen molar-refractivity contribution in [3.8, 4) is 0 Å². The largest absolute Gasteiger partial charge is 2.00 e. The molecule has 2 aliphatic rings. The van der Waals surface area contributed by atoms with Crippen molar-refractivity contribution in [2.75, 3.05) is 7.11 Å². The third kappa shape index (κ3) is 19.2. The number of rotatable bonds is 2. The van der Waals surface area contributed by atoms with Gasteiger partial charge in [0.1, 0.15) is 0 Å². The summed E-state index contributed by atoms with van der Waals surface area (Å²) in [7, 11) is -4.51. The first kappa shape index (κ1) is 35.6. The molecule has 2 saturated carbocycles.